The van der Waals surface area contributed by atoms with Crippen molar-refractivity contribution < 1.29 is 23.8 Å². The van der Waals surface area contributed by atoms with Gasteiger partial charge in [0.1, 0.15) is 0 Å². The molecule has 0 atom stereocenters. The molecular weight excluding hydrogens is 250 g/mol. The van der Waals surface area contributed by atoms with Crippen molar-refractivity contribution in [2.75, 3.05) is 20.8 Å². The van der Waals surface area contributed by atoms with Crippen LogP contribution in [0.1, 0.15) is 34.7 Å². The minimum Gasteiger partial charge on any atom is -0.491 e. The lowest BCUT2D eigenvalue weighted by Gasteiger charge is -2.12. The maximum Gasteiger partial charge on any atom is 0.360 e. The molecule has 0 fully saturated rings. The van der Waals surface area contributed by atoms with E-state index in [1.165, 1.54) is 26.5 Å². The zero-order valence-corrected chi connectivity index (χ0v) is 11.4. The average molecular weight is 267 g/mol. The number of aromatic nitrogens is 1. The maximum atomic E-state index is 11.5. The molecule has 0 aromatic carbocycles. The van der Waals surface area contributed by atoms with Gasteiger partial charge in [-0.2, -0.15) is 0 Å². The van der Waals surface area contributed by atoms with Crippen LogP contribution >= 0.6 is 0 Å². The van der Waals surface area contributed by atoms with Gasteiger partial charge in [-0.25, -0.2) is 14.6 Å². The van der Waals surface area contributed by atoms with Crippen LogP contribution in [0, 0.1) is 5.92 Å². The van der Waals surface area contributed by atoms with E-state index < -0.39 is 11.9 Å². The first-order valence-corrected chi connectivity index (χ1v) is 5.79. The quantitative estimate of drug-likeness (QED) is 0.756. The molecule has 6 nitrogen and oxygen atoms in total. The lowest BCUT2D eigenvalue weighted by atomic mass is 10.2. The minimum atomic E-state index is -0.616. The van der Waals surface area contributed by atoms with Gasteiger partial charge in [0.05, 0.1) is 26.4 Å². The Hall–Kier alpha value is -2.11. The van der Waals surface area contributed by atoms with E-state index in [2.05, 4.69) is 14.5 Å². The summed E-state index contributed by atoms with van der Waals surface area (Å²) in [6.07, 6.45) is 1.25. The average Bonchev–Trinajstić information content (AvgIpc) is 2.42. The van der Waals surface area contributed by atoms with E-state index in [9.17, 15) is 9.59 Å². The van der Waals surface area contributed by atoms with Crippen LogP contribution in [-0.2, 0) is 9.47 Å². The van der Waals surface area contributed by atoms with E-state index in [0.717, 1.165) is 0 Å². The lowest BCUT2D eigenvalue weighted by molar-refractivity contribution is 0.0575. The molecule has 1 aromatic heterocycles. The number of nitrogens with zero attached hydrogens (tertiary/aromatic N) is 1. The Labute approximate surface area is 111 Å². The molecule has 1 heterocycles. The second-order valence-corrected chi connectivity index (χ2v) is 4.26. The summed E-state index contributed by atoms with van der Waals surface area (Å²) in [4.78, 5) is 26.9. The van der Waals surface area contributed by atoms with E-state index in [0.29, 0.717) is 6.61 Å². The molecule has 1 rings (SSSR count). The van der Waals surface area contributed by atoms with Crippen LogP contribution < -0.4 is 4.74 Å². The molecule has 0 bridgehead atoms. The van der Waals surface area contributed by atoms with Crippen LogP contribution in [0.3, 0.4) is 0 Å². The van der Waals surface area contributed by atoms with E-state index in [1.807, 2.05) is 13.8 Å². The van der Waals surface area contributed by atoms with Crippen molar-refractivity contribution in [3.63, 3.8) is 0 Å². The highest BCUT2D eigenvalue weighted by molar-refractivity contribution is 5.93. The number of carbonyl (C=O) groups excluding carboxylic acids is 2. The zero-order valence-electron chi connectivity index (χ0n) is 11.4. The third-order valence-electron chi connectivity index (χ3n) is 2.22. The topological polar surface area (TPSA) is 74.7 Å². The Morgan fingerprint density at radius 2 is 1.84 bits per heavy atom. The summed E-state index contributed by atoms with van der Waals surface area (Å²) < 4.78 is 14.7. The molecule has 6 heteroatoms. The van der Waals surface area contributed by atoms with Crippen LogP contribution in [0.2, 0.25) is 0 Å². The molecule has 19 heavy (non-hydrogen) atoms. The van der Waals surface area contributed by atoms with Gasteiger partial charge in [-0.05, 0) is 12.0 Å². The number of esters is 2. The summed E-state index contributed by atoms with van der Waals surface area (Å²) in [6.45, 7) is 4.33. The van der Waals surface area contributed by atoms with Crippen molar-refractivity contribution >= 4 is 11.9 Å². The standard InChI is InChI=1S/C13H17NO5/c1-8(2)7-19-10-5-9(12(15)17-3)6-14-11(10)13(16)18-4/h5-6,8H,7H2,1-4H3. The molecule has 0 radical (unpaired) electrons. The fraction of sp³-hybridized carbons (Fsp3) is 0.462. The maximum absolute atomic E-state index is 11.5. The van der Waals surface area contributed by atoms with Gasteiger partial charge in [0.25, 0.3) is 0 Å². The summed E-state index contributed by atoms with van der Waals surface area (Å²) in [6, 6.07) is 1.42. The Kier molecular flexibility index (Phi) is 5.29. The number of rotatable bonds is 5. The van der Waals surface area contributed by atoms with Crippen molar-refractivity contribution in [1.82, 2.24) is 4.98 Å². The molecule has 0 saturated carbocycles. The molecule has 104 valence electrons. The highest BCUT2D eigenvalue weighted by atomic mass is 16.5. The highest BCUT2D eigenvalue weighted by Gasteiger charge is 2.18. The lowest BCUT2D eigenvalue weighted by Crippen LogP contribution is -2.13. The number of pyridine rings is 1. The van der Waals surface area contributed by atoms with Crippen molar-refractivity contribution in [2.24, 2.45) is 5.92 Å². The van der Waals surface area contributed by atoms with Crippen LogP contribution in [-0.4, -0.2) is 37.7 Å². The summed E-state index contributed by atoms with van der Waals surface area (Å²) in [5.74, 6) is -0.677. The van der Waals surface area contributed by atoms with Gasteiger partial charge >= 0.3 is 11.9 Å². The summed E-state index contributed by atoms with van der Waals surface area (Å²) >= 11 is 0. The summed E-state index contributed by atoms with van der Waals surface area (Å²) in [5.41, 5.74) is 0.254. The SMILES string of the molecule is COC(=O)c1cnc(C(=O)OC)c(OCC(C)C)c1. The molecular formula is C13H17NO5. The second-order valence-electron chi connectivity index (χ2n) is 4.26. The summed E-state index contributed by atoms with van der Waals surface area (Å²) in [5, 5.41) is 0. The number of methoxy groups -OCH3 is 2. The minimum absolute atomic E-state index is 0.0378. The normalized spacial score (nSPS) is 10.2. The first-order valence-electron chi connectivity index (χ1n) is 5.79. The molecule has 0 spiro atoms. The molecule has 0 saturated heterocycles. The van der Waals surface area contributed by atoms with Crippen LogP contribution in [0.25, 0.3) is 0 Å². The number of hydrogen-bond acceptors (Lipinski definition) is 6. The highest BCUT2D eigenvalue weighted by Crippen LogP contribution is 2.20. The van der Waals surface area contributed by atoms with Gasteiger partial charge in [0.2, 0.25) is 0 Å². The fourth-order valence-corrected chi connectivity index (χ4v) is 1.29. The van der Waals surface area contributed by atoms with Crippen molar-refractivity contribution in [3.05, 3.63) is 23.5 Å². The Morgan fingerprint density at radius 1 is 1.21 bits per heavy atom. The number of hydrogen-bond donors (Lipinski definition) is 0. The van der Waals surface area contributed by atoms with Gasteiger partial charge in [0.15, 0.2) is 11.4 Å². The van der Waals surface area contributed by atoms with E-state index >= 15 is 0 Å². The predicted octanol–water partition coefficient (Wildman–Crippen LogP) is 1.69. The molecule has 0 unspecified atom stereocenters. The number of ether oxygens (including phenoxy) is 3. The molecule has 0 N–H and O–H groups in total. The zero-order chi connectivity index (χ0) is 14.4. The monoisotopic (exact) mass is 267 g/mol. The van der Waals surface area contributed by atoms with Crippen LogP contribution in [0.15, 0.2) is 12.3 Å². The molecule has 0 aliphatic heterocycles. The van der Waals surface area contributed by atoms with E-state index in [1.54, 1.807) is 0 Å². The Bertz CT molecular complexity index is 470. The van der Waals surface area contributed by atoms with Crippen molar-refractivity contribution in [2.45, 2.75) is 13.8 Å². The molecule has 1 aromatic rings. The Balaban J connectivity index is 3.10. The first-order chi connectivity index (χ1) is 8.99. The number of carbonyl (C=O) groups is 2. The summed E-state index contributed by atoms with van der Waals surface area (Å²) in [7, 11) is 2.52. The third kappa shape index (κ3) is 3.94. The fourth-order valence-electron chi connectivity index (χ4n) is 1.29. The second kappa shape index (κ2) is 6.72. The molecule has 0 aliphatic rings. The van der Waals surface area contributed by atoms with Gasteiger partial charge < -0.3 is 14.2 Å². The molecule has 0 amide bonds. The Morgan fingerprint density at radius 3 is 2.37 bits per heavy atom. The van der Waals surface area contributed by atoms with Crippen LogP contribution in [0.4, 0.5) is 0 Å². The first kappa shape index (κ1) is 14.9. The van der Waals surface area contributed by atoms with Gasteiger partial charge in [0, 0.05) is 6.20 Å². The third-order valence-corrected chi connectivity index (χ3v) is 2.22. The van der Waals surface area contributed by atoms with Crippen molar-refractivity contribution in [1.29, 1.82) is 0 Å². The van der Waals surface area contributed by atoms with Gasteiger partial charge in [-0.1, -0.05) is 13.8 Å². The predicted molar refractivity (Wildman–Crippen MR) is 67.2 cm³/mol. The smallest absolute Gasteiger partial charge is 0.360 e. The largest absolute Gasteiger partial charge is 0.491 e. The van der Waals surface area contributed by atoms with E-state index in [4.69, 9.17) is 4.74 Å². The van der Waals surface area contributed by atoms with E-state index in [-0.39, 0.29) is 22.9 Å². The van der Waals surface area contributed by atoms with Gasteiger partial charge in [-0.15, -0.1) is 0 Å². The van der Waals surface area contributed by atoms with Crippen LogP contribution in [0.5, 0.6) is 5.75 Å². The van der Waals surface area contributed by atoms with Crippen molar-refractivity contribution in [3.8, 4) is 5.75 Å². The van der Waals surface area contributed by atoms with Gasteiger partial charge in [-0.3, -0.25) is 0 Å². The molecule has 0 aliphatic carbocycles.